The van der Waals surface area contributed by atoms with Crippen molar-refractivity contribution in [2.75, 3.05) is 10.6 Å². The zero-order valence-corrected chi connectivity index (χ0v) is 15.5. The molecule has 6 heteroatoms. The van der Waals surface area contributed by atoms with Gasteiger partial charge in [0.2, 0.25) is 5.95 Å². The van der Waals surface area contributed by atoms with Crippen LogP contribution in [-0.2, 0) is 4.79 Å². The molecule has 1 amide bonds. The largest absolute Gasteiger partial charge is 0.328 e. The Bertz CT molecular complexity index is 1040. The maximum atomic E-state index is 13.3. The van der Waals surface area contributed by atoms with Crippen molar-refractivity contribution in [3.8, 4) is 0 Å². The van der Waals surface area contributed by atoms with Gasteiger partial charge in [0.1, 0.15) is 12.4 Å². The molecule has 0 saturated heterocycles. The number of anilines is 2. The molecule has 0 bridgehead atoms. The summed E-state index contributed by atoms with van der Waals surface area (Å²) in [4.78, 5) is 17.5. The second-order valence-corrected chi connectivity index (χ2v) is 6.78. The first-order chi connectivity index (χ1) is 13.0. The molecule has 1 atom stereocenters. The Balaban J connectivity index is 1.75. The van der Waals surface area contributed by atoms with Gasteiger partial charge in [0.15, 0.2) is 0 Å². The van der Waals surface area contributed by atoms with Crippen molar-refractivity contribution in [3.05, 3.63) is 82.8 Å². The number of allylic oxidation sites excluding steroid dienone is 1. The Labute approximate surface area is 157 Å². The van der Waals surface area contributed by atoms with E-state index in [-0.39, 0.29) is 11.9 Å². The number of aromatic nitrogens is 3. The Hall–Kier alpha value is -3.41. The lowest BCUT2D eigenvalue weighted by Gasteiger charge is -2.28. The fourth-order valence-electron chi connectivity index (χ4n) is 3.47. The molecule has 4 rings (SSSR count). The van der Waals surface area contributed by atoms with Gasteiger partial charge in [0, 0.05) is 11.4 Å². The average molecular weight is 359 g/mol. The number of hydrogen-bond donors (Lipinski definition) is 2. The van der Waals surface area contributed by atoms with Crippen molar-refractivity contribution in [2.24, 2.45) is 0 Å². The summed E-state index contributed by atoms with van der Waals surface area (Å²) in [6.45, 7) is 5.92. The van der Waals surface area contributed by atoms with Crippen molar-refractivity contribution < 1.29 is 4.79 Å². The number of benzene rings is 2. The number of rotatable bonds is 3. The van der Waals surface area contributed by atoms with Crippen LogP contribution in [0.25, 0.3) is 0 Å². The van der Waals surface area contributed by atoms with E-state index in [1.807, 2.05) is 63.2 Å². The van der Waals surface area contributed by atoms with Gasteiger partial charge in [-0.2, -0.15) is 10.1 Å². The zero-order chi connectivity index (χ0) is 19.0. The van der Waals surface area contributed by atoms with Crippen molar-refractivity contribution in [1.29, 1.82) is 0 Å². The molecule has 2 heterocycles. The van der Waals surface area contributed by atoms with Gasteiger partial charge in [0.25, 0.3) is 5.91 Å². The summed E-state index contributed by atoms with van der Waals surface area (Å²) in [5.41, 5.74) is 5.38. The molecule has 1 aliphatic heterocycles. The summed E-state index contributed by atoms with van der Waals surface area (Å²) < 4.78 is 1.75. The van der Waals surface area contributed by atoms with Gasteiger partial charge in [-0.15, -0.1) is 0 Å². The lowest BCUT2D eigenvalue weighted by Crippen LogP contribution is -2.31. The highest BCUT2D eigenvalue weighted by molar-refractivity contribution is 6.06. The number of carbonyl (C=O) groups excluding carboxylic acids is 1. The number of amides is 1. The monoisotopic (exact) mass is 359 g/mol. The van der Waals surface area contributed by atoms with E-state index in [9.17, 15) is 4.79 Å². The van der Waals surface area contributed by atoms with Gasteiger partial charge < -0.3 is 10.6 Å². The van der Waals surface area contributed by atoms with Gasteiger partial charge in [-0.05, 0) is 38.0 Å². The number of hydrogen-bond acceptors (Lipinski definition) is 4. The lowest BCUT2D eigenvalue weighted by molar-refractivity contribution is -0.113. The van der Waals surface area contributed by atoms with Gasteiger partial charge >= 0.3 is 0 Å². The highest BCUT2D eigenvalue weighted by Gasteiger charge is 2.33. The summed E-state index contributed by atoms with van der Waals surface area (Å²) in [6, 6.07) is 15.5. The Kier molecular flexibility index (Phi) is 4.24. The number of nitrogens with one attached hydrogen (secondary N) is 2. The zero-order valence-electron chi connectivity index (χ0n) is 15.5. The van der Waals surface area contributed by atoms with Crippen LogP contribution in [0.2, 0.25) is 0 Å². The molecule has 2 N–H and O–H groups in total. The van der Waals surface area contributed by atoms with Crippen molar-refractivity contribution in [3.63, 3.8) is 0 Å². The van der Waals surface area contributed by atoms with E-state index in [4.69, 9.17) is 0 Å². The van der Waals surface area contributed by atoms with Crippen LogP contribution in [0.4, 0.5) is 11.6 Å². The molecule has 1 aromatic heterocycles. The number of nitrogens with zero attached hydrogens (tertiary/aromatic N) is 3. The van der Waals surface area contributed by atoms with Gasteiger partial charge in [0.05, 0.1) is 5.57 Å². The molecule has 6 nitrogen and oxygen atoms in total. The third-order valence-electron chi connectivity index (χ3n) is 4.78. The Morgan fingerprint density at radius 3 is 2.63 bits per heavy atom. The molecule has 1 unspecified atom stereocenters. The van der Waals surface area contributed by atoms with E-state index < -0.39 is 0 Å². The second kappa shape index (κ2) is 6.72. The lowest BCUT2D eigenvalue weighted by atomic mass is 9.95. The first kappa shape index (κ1) is 17.0. The molecule has 2 aromatic carbocycles. The SMILES string of the molecule is CC1=C(C(=O)Nc2ccc(C)cc2C)C(c2ccccc2)n2ncnc2N1. The van der Waals surface area contributed by atoms with E-state index in [2.05, 4.69) is 26.8 Å². The highest BCUT2D eigenvalue weighted by Crippen LogP contribution is 2.35. The predicted molar refractivity (Wildman–Crippen MR) is 105 cm³/mol. The number of fused-ring (bicyclic) bond motifs is 1. The van der Waals surface area contributed by atoms with Crippen LogP contribution >= 0.6 is 0 Å². The molecular weight excluding hydrogens is 338 g/mol. The van der Waals surface area contributed by atoms with Crippen LogP contribution in [0.5, 0.6) is 0 Å². The molecule has 0 saturated carbocycles. The van der Waals surface area contributed by atoms with Crippen LogP contribution in [0.1, 0.15) is 29.7 Å². The minimum absolute atomic E-state index is 0.151. The van der Waals surface area contributed by atoms with Crippen LogP contribution in [0.3, 0.4) is 0 Å². The molecule has 0 fully saturated rings. The summed E-state index contributed by atoms with van der Waals surface area (Å²) in [5.74, 6) is 0.478. The molecule has 0 aliphatic carbocycles. The molecule has 0 spiro atoms. The van der Waals surface area contributed by atoms with E-state index in [0.29, 0.717) is 11.5 Å². The number of carbonyl (C=O) groups is 1. The fourth-order valence-corrected chi connectivity index (χ4v) is 3.47. The Morgan fingerprint density at radius 2 is 1.89 bits per heavy atom. The van der Waals surface area contributed by atoms with Crippen LogP contribution < -0.4 is 10.6 Å². The third-order valence-corrected chi connectivity index (χ3v) is 4.78. The van der Waals surface area contributed by atoms with Crippen molar-refractivity contribution >= 4 is 17.5 Å². The smallest absolute Gasteiger partial charge is 0.255 e. The van der Waals surface area contributed by atoms with Crippen molar-refractivity contribution in [1.82, 2.24) is 14.8 Å². The van der Waals surface area contributed by atoms with Gasteiger partial charge in [-0.25, -0.2) is 4.68 Å². The molecule has 27 heavy (non-hydrogen) atoms. The minimum Gasteiger partial charge on any atom is -0.328 e. The van der Waals surface area contributed by atoms with Gasteiger partial charge in [-0.1, -0.05) is 48.0 Å². The Morgan fingerprint density at radius 1 is 1.11 bits per heavy atom. The summed E-state index contributed by atoms with van der Waals surface area (Å²) >= 11 is 0. The normalized spacial score (nSPS) is 15.9. The van der Waals surface area contributed by atoms with Crippen LogP contribution in [-0.4, -0.2) is 20.7 Å². The van der Waals surface area contributed by atoms with E-state index in [1.54, 1.807) is 4.68 Å². The first-order valence-corrected chi connectivity index (χ1v) is 8.85. The minimum atomic E-state index is -0.337. The molecule has 136 valence electrons. The second-order valence-electron chi connectivity index (χ2n) is 6.78. The fraction of sp³-hybridized carbons (Fsp3) is 0.190. The highest BCUT2D eigenvalue weighted by atomic mass is 16.1. The maximum absolute atomic E-state index is 13.3. The standard InChI is InChI=1S/C21H21N5O/c1-13-9-10-17(14(2)11-13)25-20(27)18-15(3)24-21-22-12-23-26(21)19(18)16-7-5-4-6-8-16/h4-12,19H,1-3H3,(H,25,27)(H,22,23,24). The summed E-state index contributed by atoms with van der Waals surface area (Å²) in [7, 11) is 0. The molecule has 0 radical (unpaired) electrons. The van der Waals surface area contributed by atoms with Crippen molar-refractivity contribution in [2.45, 2.75) is 26.8 Å². The average Bonchev–Trinajstić information content (AvgIpc) is 3.11. The number of aryl methyl sites for hydroxylation is 2. The van der Waals surface area contributed by atoms with Crippen LogP contribution in [0.15, 0.2) is 66.1 Å². The van der Waals surface area contributed by atoms with E-state index in [1.165, 1.54) is 6.33 Å². The van der Waals surface area contributed by atoms with Crippen LogP contribution in [0, 0.1) is 13.8 Å². The van der Waals surface area contributed by atoms with E-state index in [0.717, 1.165) is 28.1 Å². The topological polar surface area (TPSA) is 71.8 Å². The summed E-state index contributed by atoms with van der Waals surface area (Å²) in [5, 5.41) is 10.6. The van der Waals surface area contributed by atoms with E-state index >= 15 is 0 Å². The van der Waals surface area contributed by atoms with Gasteiger partial charge in [-0.3, -0.25) is 4.79 Å². The third kappa shape index (κ3) is 3.10. The molecule has 3 aromatic rings. The molecular formula is C21H21N5O. The maximum Gasteiger partial charge on any atom is 0.255 e. The first-order valence-electron chi connectivity index (χ1n) is 8.85. The summed E-state index contributed by atoms with van der Waals surface area (Å²) in [6.07, 6.45) is 1.50. The quantitative estimate of drug-likeness (QED) is 0.746. The predicted octanol–water partition coefficient (Wildman–Crippen LogP) is 3.82. The molecule has 1 aliphatic rings.